The number of hydrogen-bond donors (Lipinski definition) is 2. The number of carbonyl (C=O) groups excluding carboxylic acids is 1. The van der Waals surface area contributed by atoms with E-state index in [-0.39, 0.29) is 5.91 Å². The summed E-state index contributed by atoms with van der Waals surface area (Å²) in [5, 5.41) is 4.98. The number of anilines is 1. The molecule has 7 nitrogen and oxygen atoms in total. The Bertz CT molecular complexity index is 920. The van der Waals surface area contributed by atoms with Crippen LogP contribution in [-0.4, -0.2) is 33.6 Å². The molecule has 150 valence electrons. The minimum Gasteiger partial charge on any atom is -0.382 e. The zero-order valence-corrected chi connectivity index (χ0v) is 17.2. The monoisotopic (exact) mass is 401 g/mol. The lowest BCUT2D eigenvalue weighted by atomic mass is 10.2. The first kappa shape index (κ1) is 20.3. The molecule has 0 fully saturated rings. The van der Waals surface area contributed by atoms with E-state index in [0.29, 0.717) is 32.0 Å². The summed E-state index contributed by atoms with van der Waals surface area (Å²) in [7, 11) is 0. The van der Waals surface area contributed by atoms with E-state index in [1.165, 1.54) is 0 Å². The Kier molecular flexibility index (Phi) is 7.00. The number of thiophene rings is 1. The lowest BCUT2D eigenvalue weighted by Crippen LogP contribution is -2.26. The zero-order chi connectivity index (χ0) is 19.9. The van der Waals surface area contributed by atoms with Crippen molar-refractivity contribution in [3.05, 3.63) is 40.0 Å². The number of fused-ring (bicyclic) bond motifs is 1. The molecule has 0 atom stereocenters. The van der Waals surface area contributed by atoms with Crippen LogP contribution in [0.5, 0.6) is 0 Å². The van der Waals surface area contributed by atoms with Crippen molar-refractivity contribution in [1.82, 2.24) is 19.9 Å². The highest BCUT2D eigenvalue weighted by molar-refractivity contribution is 7.10. The predicted octanol–water partition coefficient (Wildman–Crippen LogP) is 3.06. The molecule has 0 saturated heterocycles. The van der Waals surface area contributed by atoms with Crippen LogP contribution < -0.4 is 11.1 Å². The molecule has 3 aromatic rings. The van der Waals surface area contributed by atoms with Crippen LogP contribution in [0.3, 0.4) is 0 Å². The smallest absolute Gasteiger partial charge is 0.225 e. The molecule has 0 aromatic carbocycles. The molecule has 0 spiro atoms. The van der Waals surface area contributed by atoms with Gasteiger partial charge in [0.05, 0.1) is 11.9 Å². The fraction of sp³-hybridized carbons (Fsp3) is 0.450. The minimum absolute atomic E-state index is 0.0713. The summed E-state index contributed by atoms with van der Waals surface area (Å²) in [5.41, 5.74) is 8.64. The van der Waals surface area contributed by atoms with Gasteiger partial charge >= 0.3 is 0 Å². The lowest BCUT2D eigenvalue weighted by Gasteiger charge is -2.10. The number of unbranched alkanes of at least 4 members (excludes halogenated alkanes) is 1. The van der Waals surface area contributed by atoms with Gasteiger partial charge in [-0.3, -0.25) is 4.79 Å². The average Bonchev–Trinajstić information content (AvgIpc) is 3.28. The summed E-state index contributed by atoms with van der Waals surface area (Å²) in [6.07, 6.45) is 2.27. The Balaban J connectivity index is 1.57. The van der Waals surface area contributed by atoms with Gasteiger partial charge in [0.25, 0.3) is 0 Å². The van der Waals surface area contributed by atoms with Crippen molar-refractivity contribution in [3.63, 3.8) is 0 Å². The molecular formula is C20H27N5O2S. The normalized spacial score (nSPS) is 11.2. The Labute approximate surface area is 168 Å². The van der Waals surface area contributed by atoms with Gasteiger partial charge in [0.1, 0.15) is 17.9 Å². The number of rotatable bonds is 10. The molecule has 0 radical (unpaired) electrons. The molecule has 0 saturated carbocycles. The summed E-state index contributed by atoms with van der Waals surface area (Å²) in [4.78, 5) is 22.0. The number of ether oxygens (including phenoxy) is 1. The largest absolute Gasteiger partial charge is 0.382 e. The first-order valence-corrected chi connectivity index (χ1v) is 10.5. The molecule has 0 bridgehead atoms. The molecule has 0 aliphatic heterocycles. The second-order valence-corrected chi connectivity index (χ2v) is 7.68. The quantitative estimate of drug-likeness (QED) is 0.509. The van der Waals surface area contributed by atoms with E-state index in [2.05, 4.69) is 19.9 Å². The summed E-state index contributed by atoms with van der Waals surface area (Å²) in [6, 6.07) is 5.96. The van der Waals surface area contributed by atoms with Crippen LogP contribution in [0.2, 0.25) is 0 Å². The number of nitrogens with one attached hydrogen (secondary N) is 1. The molecule has 28 heavy (non-hydrogen) atoms. The number of pyridine rings is 1. The summed E-state index contributed by atoms with van der Waals surface area (Å²) >= 11 is 1.61. The topological polar surface area (TPSA) is 95.1 Å². The number of nitrogen functional groups attached to an aromatic ring is 1. The lowest BCUT2D eigenvalue weighted by molar-refractivity contribution is -0.120. The van der Waals surface area contributed by atoms with Crippen LogP contribution in [-0.2, 0) is 29.1 Å². The molecule has 3 heterocycles. The van der Waals surface area contributed by atoms with E-state index in [0.717, 1.165) is 46.8 Å². The number of imidazole rings is 1. The molecular weight excluding hydrogens is 374 g/mol. The van der Waals surface area contributed by atoms with Gasteiger partial charge in [0.2, 0.25) is 5.91 Å². The van der Waals surface area contributed by atoms with Gasteiger partial charge in [0.15, 0.2) is 5.82 Å². The van der Waals surface area contributed by atoms with Gasteiger partial charge in [-0.05, 0) is 44.2 Å². The first-order chi connectivity index (χ1) is 13.6. The number of nitrogens with two attached hydrogens (primary N) is 1. The van der Waals surface area contributed by atoms with E-state index in [9.17, 15) is 4.79 Å². The van der Waals surface area contributed by atoms with Gasteiger partial charge in [-0.25, -0.2) is 9.97 Å². The van der Waals surface area contributed by atoms with Crippen molar-refractivity contribution in [2.45, 2.75) is 46.3 Å². The van der Waals surface area contributed by atoms with Crippen LogP contribution >= 0.6 is 11.3 Å². The van der Waals surface area contributed by atoms with Crippen molar-refractivity contribution in [3.8, 4) is 0 Å². The fourth-order valence-corrected chi connectivity index (χ4v) is 3.83. The molecule has 8 heteroatoms. The van der Waals surface area contributed by atoms with Crippen LogP contribution in [0, 0.1) is 6.92 Å². The molecule has 0 aliphatic rings. The number of carbonyl (C=O) groups is 1. The van der Waals surface area contributed by atoms with E-state index in [1.54, 1.807) is 11.3 Å². The van der Waals surface area contributed by atoms with E-state index in [1.807, 2.05) is 37.4 Å². The summed E-state index contributed by atoms with van der Waals surface area (Å²) < 4.78 is 7.72. The average molecular weight is 402 g/mol. The second kappa shape index (κ2) is 9.66. The van der Waals surface area contributed by atoms with Gasteiger partial charge in [-0.2, -0.15) is 0 Å². The second-order valence-electron chi connectivity index (χ2n) is 6.65. The molecule has 3 aromatic heterocycles. The van der Waals surface area contributed by atoms with Gasteiger partial charge < -0.3 is 20.4 Å². The van der Waals surface area contributed by atoms with Crippen LogP contribution in [0.15, 0.2) is 23.6 Å². The van der Waals surface area contributed by atoms with E-state index < -0.39 is 0 Å². The Morgan fingerprint density at radius 2 is 2.21 bits per heavy atom. The Morgan fingerprint density at radius 3 is 2.96 bits per heavy atom. The van der Waals surface area contributed by atoms with Crippen molar-refractivity contribution in [2.24, 2.45) is 0 Å². The third kappa shape index (κ3) is 5.08. The van der Waals surface area contributed by atoms with E-state index >= 15 is 0 Å². The summed E-state index contributed by atoms with van der Waals surface area (Å²) in [6.45, 7) is 6.43. The Morgan fingerprint density at radius 1 is 1.36 bits per heavy atom. The number of aromatic nitrogens is 3. The summed E-state index contributed by atoms with van der Waals surface area (Å²) in [5.74, 6) is 1.38. The maximum atomic E-state index is 12.0. The standard InChI is InChI=1S/C20H27N5O2S/c1-3-27-13-17-24-19-16(11-14(2)23-20(19)21)25(17)9-5-4-8-22-18(26)12-15-7-6-10-28-15/h6-7,10-11H,3-5,8-9,12-13H2,1-2H3,(H2,21,23)(H,22,26). The van der Waals surface area contributed by atoms with Gasteiger partial charge in [-0.15, -0.1) is 11.3 Å². The third-order valence-corrected chi connectivity index (χ3v) is 5.33. The number of hydrogen-bond acceptors (Lipinski definition) is 6. The van der Waals surface area contributed by atoms with Crippen molar-refractivity contribution >= 4 is 34.1 Å². The number of aryl methyl sites for hydroxylation is 2. The van der Waals surface area contributed by atoms with Crippen molar-refractivity contribution < 1.29 is 9.53 Å². The Hall–Kier alpha value is -2.45. The molecule has 0 aliphatic carbocycles. The predicted molar refractivity (Wildman–Crippen MR) is 112 cm³/mol. The highest BCUT2D eigenvalue weighted by atomic mass is 32.1. The number of amides is 1. The molecule has 0 unspecified atom stereocenters. The fourth-order valence-electron chi connectivity index (χ4n) is 3.13. The van der Waals surface area contributed by atoms with Crippen molar-refractivity contribution in [2.75, 3.05) is 18.9 Å². The van der Waals surface area contributed by atoms with Crippen molar-refractivity contribution in [1.29, 1.82) is 0 Å². The zero-order valence-electron chi connectivity index (χ0n) is 16.4. The van der Waals surface area contributed by atoms with Gasteiger partial charge in [0, 0.05) is 30.3 Å². The van der Waals surface area contributed by atoms with Crippen LogP contribution in [0.25, 0.3) is 11.0 Å². The highest BCUT2D eigenvalue weighted by Crippen LogP contribution is 2.22. The maximum absolute atomic E-state index is 12.0. The number of nitrogens with zero attached hydrogens (tertiary/aromatic N) is 3. The molecule has 3 rings (SSSR count). The first-order valence-electron chi connectivity index (χ1n) is 9.57. The van der Waals surface area contributed by atoms with Crippen LogP contribution in [0.1, 0.15) is 36.2 Å². The molecule has 3 N–H and O–H groups in total. The highest BCUT2D eigenvalue weighted by Gasteiger charge is 2.14. The maximum Gasteiger partial charge on any atom is 0.225 e. The SMILES string of the molecule is CCOCc1nc2c(N)nc(C)cc2n1CCCCNC(=O)Cc1cccs1. The third-order valence-electron chi connectivity index (χ3n) is 4.45. The van der Waals surface area contributed by atoms with E-state index in [4.69, 9.17) is 10.5 Å². The minimum atomic E-state index is 0.0713. The van der Waals surface area contributed by atoms with Crippen LogP contribution in [0.4, 0.5) is 5.82 Å². The molecule has 1 amide bonds. The van der Waals surface area contributed by atoms with Gasteiger partial charge in [-0.1, -0.05) is 6.07 Å².